The predicted octanol–water partition coefficient (Wildman–Crippen LogP) is 5.31. The third-order valence-corrected chi connectivity index (χ3v) is 5.63. The molecule has 0 unspecified atom stereocenters. The number of hydrogen-bond acceptors (Lipinski definition) is 4. The molecule has 1 N–H and O–H groups in total. The highest BCUT2D eigenvalue weighted by atomic mass is 32.1. The summed E-state index contributed by atoms with van der Waals surface area (Å²) in [6.07, 6.45) is 0.755. The summed E-state index contributed by atoms with van der Waals surface area (Å²) in [5.41, 5.74) is 5.32. The minimum Gasteiger partial charge on any atom is -0.497 e. The molecule has 0 amide bonds. The topological polar surface area (TPSA) is 40.1 Å². The maximum absolute atomic E-state index is 5.76. The molecule has 3 aromatic rings. The van der Waals surface area contributed by atoms with Gasteiger partial charge in [0.2, 0.25) is 0 Å². The van der Waals surface area contributed by atoms with Crippen LogP contribution in [0.1, 0.15) is 23.6 Å². The number of rotatable bonds is 5. The van der Waals surface area contributed by atoms with Gasteiger partial charge in [-0.1, -0.05) is 42.5 Å². The molecule has 0 saturated heterocycles. The zero-order chi connectivity index (χ0) is 21.8. The standard InChI is InChI=1S/C25H26N4OS/c1-28(2)21-14-12-18(13-15-21)23-17-24(19-8-7-11-22(16-19)30-3)29(27-23)25(31)26-20-9-5-4-6-10-20/h4-16,24H,17H2,1-3H3,(H,26,31)/t24-/m1/s1. The first kappa shape index (κ1) is 20.9. The van der Waals surface area contributed by atoms with E-state index in [1.807, 2.05) is 61.6 Å². The van der Waals surface area contributed by atoms with Crippen molar-refractivity contribution in [2.75, 3.05) is 31.4 Å². The maximum Gasteiger partial charge on any atom is 0.194 e. The van der Waals surface area contributed by atoms with Gasteiger partial charge in [-0.3, -0.25) is 0 Å². The quantitative estimate of drug-likeness (QED) is 0.556. The van der Waals surface area contributed by atoms with E-state index in [0.29, 0.717) is 5.11 Å². The van der Waals surface area contributed by atoms with Gasteiger partial charge >= 0.3 is 0 Å². The monoisotopic (exact) mass is 430 g/mol. The second-order valence-electron chi connectivity index (χ2n) is 7.63. The van der Waals surface area contributed by atoms with Crippen molar-refractivity contribution in [2.24, 2.45) is 5.10 Å². The summed E-state index contributed by atoms with van der Waals surface area (Å²) in [6.45, 7) is 0. The van der Waals surface area contributed by atoms with Crippen molar-refractivity contribution >= 4 is 34.4 Å². The zero-order valence-corrected chi connectivity index (χ0v) is 18.8. The van der Waals surface area contributed by atoms with Crippen LogP contribution in [0.2, 0.25) is 0 Å². The first-order chi connectivity index (χ1) is 15.0. The zero-order valence-electron chi connectivity index (χ0n) is 17.9. The van der Waals surface area contributed by atoms with Gasteiger partial charge in [0, 0.05) is 31.9 Å². The summed E-state index contributed by atoms with van der Waals surface area (Å²) >= 11 is 5.76. The molecule has 0 bridgehead atoms. The van der Waals surface area contributed by atoms with Crippen LogP contribution in [-0.2, 0) is 0 Å². The maximum atomic E-state index is 5.76. The second kappa shape index (κ2) is 9.18. The van der Waals surface area contributed by atoms with E-state index < -0.39 is 0 Å². The fourth-order valence-electron chi connectivity index (χ4n) is 3.63. The number of para-hydroxylation sites is 1. The molecule has 0 aliphatic carbocycles. The highest BCUT2D eigenvalue weighted by Gasteiger charge is 2.31. The van der Waals surface area contributed by atoms with Crippen LogP contribution in [-0.4, -0.2) is 37.0 Å². The van der Waals surface area contributed by atoms with Crippen molar-refractivity contribution in [2.45, 2.75) is 12.5 Å². The molecule has 1 aliphatic rings. The van der Waals surface area contributed by atoms with E-state index in [2.05, 4.69) is 46.6 Å². The number of thiocarbonyl (C=S) groups is 1. The Hall–Kier alpha value is -3.38. The van der Waals surface area contributed by atoms with Gasteiger partial charge in [0.1, 0.15) is 5.75 Å². The predicted molar refractivity (Wildman–Crippen MR) is 132 cm³/mol. The summed E-state index contributed by atoms with van der Waals surface area (Å²) in [5, 5.41) is 10.7. The van der Waals surface area contributed by atoms with E-state index in [4.69, 9.17) is 22.1 Å². The smallest absolute Gasteiger partial charge is 0.194 e. The van der Waals surface area contributed by atoms with Crippen molar-refractivity contribution in [3.05, 3.63) is 90.0 Å². The largest absolute Gasteiger partial charge is 0.497 e. The number of methoxy groups -OCH3 is 1. The Morgan fingerprint density at radius 1 is 1.03 bits per heavy atom. The lowest BCUT2D eigenvalue weighted by Crippen LogP contribution is -2.31. The Balaban J connectivity index is 1.65. The Kier molecular flexibility index (Phi) is 6.18. The molecule has 3 aromatic carbocycles. The van der Waals surface area contributed by atoms with Crippen molar-refractivity contribution in [1.29, 1.82) is 0 Å². The minimum absolute atomic E-state index is 0.0117. The lowest BCUT2D eigenvalue weighted by molar-refractivity contribution is 0.371. The van der Waals surface area contributed by atoms with Crippen LogP contribution in [0.5, 0.6) is 5.75 Å². The Bertz CT molecular complexity index is 1080. The van der Waals surface area contributed by atoms with E-state index in [9.17, 15) is 0 Å². The van der Waals surface area contributed by atoms with E-state index in [-0.39, 0.29) is 6.04 Å². The second-order valence-corrected chi connectivity index (χ2v) is 8.01. The molecule has 158 valence electrons. The van der Waals surface area contributed by atoms with Crippen molar-refractivity contribution in [1.82, 2.24) is 5.01 Å². The van der Waals surface area contributed by atoms with Crippen LogP contribution < -0.4 is 15.0 Å². The molecule has 0 fully saturated rings. The number of nitrogens with zero attached hydrogens (tertiary/aromatic N) is 3. The highest BCUT2D eigenvalue weighted by Crippen LogP contribution is 2.35. The number of anilines is 2. The fraction of sp³-hybridized carbons (Fsp3) is 0.200. The van der Waals surface area contributed by atoms with Gasteiger partial charge in [-0.15, -0.1) is 0 Å². The molecule has 0 radical (unpaired) electrons. The molecule has 1 aliphatic heterocycles. The normalized spacial score (nSPS) is 15.4. The summed E-state index contributed by atoms with van der Waals surface area (Å²) in [6, 6.07) is 26.5. The number of ether oxygens (including phenoxy) is 1. The van der Waals surface area contributed by atoms with Crippen LogP contribution in [0, 0.1) is 0 Å². The highest BCUT2D eigenvalue weighted by molar-refractivity contribution is 7.80. The van der Waals surface area contributed by atoms with E-state index in [0.717, 1.165) is 40.4 Å². The lowest BCUT2D eigenvalue weighted by atomic mass is 9.98. The Morgan fingerprint density at radius 3 is 2.45 bits per heavy atom. The Labute approximate surface area is 189 Å². The van der Waals surface area contributed by atoms with Crippen LogP contribution in [0.25, 0.3) is 0 Å². The van der Waals surface area contributed by atoms with Gasteiger partial charge in [-0.25, -0.2) is 5.01 Å². The molecule has 0 spiro atoms. The van der Waals surface area contributed by atoms with Gasteiger partial charge in [0.15, 0.2) is 5.11 Å². The SMILES string of the molecule is COc1cccc([C@H]2CC(c3ccc(N(C)C)cc3)=NN2C(=S)Nc2ccccc2)c1. The van der Waals surface area contributed by atoms with E-state index >= 15 is 0 Å². The van der Waals surface area contributed by atoms with Gasteiger partial charge in [0.05, 0.1) is 18.9 Å². The first-order valence-electron chi connectivity index (χ1n) is 10.2. The molecular weight excluding hydrogens is 404 g/mol. The molecule has 1 heterocycles. The number of benzene rings is 3. The summed E-state index contributed by atoms with van der Waals surface area (Å²) in [4.78, 5) is 2.09. The summed E-state index contributed by atoms with van der Waals surface area (Å²) in [5.74, 6) is 0.822. The first-order valence-corrected chi connectivity index (χ1v) is 10.6. The van der Waals surface area contributed by atoms with Gasteiger partial charge < -0.3 is 15.0 Å². The molecular formula is C25H26N4OS. The third-order valence-electron chi connectivity index (χ3n) is 5.34. The molecule has 0 saturated carbocycles. The van der Waals surface area contributed by atoms with Crippen molar-refractivity contribution in [3.8, 4) is 5.75 Å². The van der Waals surface area contributed by atoms with Crippen LogP contribution >= 0.6 is 12.2 Å². The summed E-state index contributed by atoms with van der Waals surface area (Å²) < 4.78 is 5.44. The molecule has 6 heteroatoms. The molecule has 4 rings (SSSR count). The average molecular weight is 431 g/mol. The fourth-order valence-corrected chi connectivity index (χ4v) is 3.92. The molecule has 1 atom stereocenters. The third kappa shape index (κ3) is 4.70. The van der Waals surface area contributed by atoms with E-state index in [1.165, 1.54) is 0 Å². The molecule has 31 heavy (non-hydrogen) atoms. The number of hydrazone groups is 1. The average Bonchev–Trinajstić information content (AvgIpc) is 3.25. The van der Waals surface area contributed by atoms with Crippen LogP contribution in [0.3, 0.4) is 0 Å². The van der Waals surface area contributed by atoms with Crippen LogP contribution in [0.15, 0.2) is 84.0 Å². The van der Waals surface area contributed by atoms with Crippen molar-refractivity contribution in [3.63, 3.8) is 0 Å². The van der Waals surface area contributed by atoms with Gasteiger partial charge in [-0.05, 0) is 59.7 Å². The van der Waals surface area contributed by atoms with Gasteiger partial charge in [0.25, 0.3) is 0 Å². The lowest BCUT2D eigenvalue weighted by Gasteiger charge is -2.25. The van der Waals surface area contributed by atoms with E-state index in [1.54, 1.807) is 7.11 Å². The van der Waals surface area contributed by atoms with Gasteiger partial charge in [-0.2, -0.15) is 5.10 Å². The number of hydrogen-bond donors (Lipinski definition) is 1. The molecule has 0 aromatic heterocycles. The number of nitrogens with one attached hydrogen (secondary N) is 1. The summed E-state index contributed by atoms with van der Waals surface area (Å²) in [7, 11) is 5.76. The minimum atomic E-state index is -0.0117. The van der Waals surface area contributed by atoms with Crippen LogP contribution in [0.4, 0.5) is 11.4 Å². The Morgan fingerprint density at radius 2 is 1.77 bits per heavy atom. The molecule has 5 nitrogen and oxygen atoms in total. The van der Waals surface area contributed by atoms with Crippen molar-refractivity contribution < 1.29 is 4.74 Å².